The monoisotopic (exact) mass is 234 g/mol. The fraction of sp³-hybridized carbons (Fsp3) is 0.800. The van der Waals surface area contributed by atoms with E-state index >= 15 is 0 Å². The van der Waals surface area contributed by atoms with E-state index in [0.29, 0.717) is 11.7 Å². The number of hydrogen-bond acceptors (Lipinski definition) is 2. The number of rotatable bonds is 1. The number of epoxide rings is 1. The van der Waals surface area contributed by atoms with Crippen LogP contribution in [-0.2, 0) is 9.53 Å². The number of carbonyl (C=O) groups excluding carboxylic acids is 1. The Labute approximate surface area is 103 Å². The molecule has 0 amide bonds. The first kappa shape index (κ1) is 11.5. The molecule has 1 heterocycles. The van der Waals surface area contributed by atoms with Gasteiger partial charge >= 0.3 is 0 Å². The number of fused-ring (bicyclic) bond motifs is 1. The Balaban J connectivity index is 1.96. The molecule has 1 aliphatic heterocycles. The molecule has 0 radical (unpaired) electrons. The molecular formula is C15H22O2. The largest absolute Gasteiger partial charge is 0.369 e. The quantitative estimate of drug-likeness (QED) is 0.652. The average Bonchev–Trinajstić information content (AvgIpc) is 3.01. The van der Waals surface area contributed by atoms with Crippen LogP contribution in [-0.4, -0.2) is 18.0 Å². The molecule has 2 heteroatoms. The third-order valence-electron chi connectivity index (χ3n) is 5.53. The highest BCUT2D eigenvalue weighted by Gasteiger charge is 2.55. The molecule has 0 spiro atoms. The third-order valence-corrected chi connectivity index (χ3v) is 5.53. The first-order valence-electron chi connectivity index (χ1n) is 6.84. The maximum absolute atomic E-state index is 12.2. The zero-order chi connectivity index (χ0) is 12.3. The van der Waals surface area contributed by atoms with Crippen LogP contribution < -0.4 is 0 Å². The van der Waals surface area contributed by atoms with E-state index < -0.39 is 0 Å². The van der Waals surface area contributed by atoms with Gasteiger partial charge in [0.05, 0.1) is 18.1 Å². The predicted octanol–water partition coefficient (Wildman–Crippen LogP) is 3.12. The van der Waals surface area contributed by atoms with Crippen LogP contribution in [0.1, 0.15) is 46.5 Å². The fourth-order valence-corrected chi connectivity index (χ4v) is 3.72. The van der Waals surface area contributed by atoms with Gasteiger partial charge in [0.25, 0.3) is 0 Å². The van der Waals surface area contributed by atoms with E-state index in [4.69, 9.17) is 4.74 Å². The van der Waals surface area contributed by atoms with Crippen molar-refractivity contribution in [2.45, 2.75) is 52.1 Å². The zero-order valence-electron chi connectivity index (χ0n) is 11.1. The van der Waals surface area contributed by atoms with Gasteiger partial charge in [-0.05, 0) is 50.0 Å². The normalized spacial score (nSPS) is 49.6. The molecule has 0 aromatic rings. The number of ether oxygens (including phenoxy) is 1. The van der Waals surface area contributed by atoms with Crippen molar-refractivity contribution in [2.24, 2.45) is 17.3 Å². The highest BCUT2D eigenvalue weighted by molar-refractivity contribution is 5.95. The van der Waals surface area contributed by atoms with Crippen LogP contribution >= 0.6 is 0 Å². The summed E-state index contributed by atoms with van der Waals surface area (Å²) in [6.07, 6.45) is 6.61. The Kier molecular flexibility index (Phi) is 2.32. The van der Waals surface area contributed by atoms with E-state index in [1.165, 1.54) is 18.4 Å². The number of allylic oxidation sites excluding steroid dienone is 2. The minimum absolute atomic E-state index is 0.0943. The van der Waals surface area contributed by atoms with Crippen molar-refractivity contribution >= 4 is 5.78 Å². The minimum atomic E-state index is -0.153. The lowest BCUT2D eigenvalue weighted by Gasteiger charge is -2.47. The van der Waals surface area contributed by atoms with Crippen molar-refractivity contribution in [2.75, 3.05) is 6.61 Å². The molecule has 0 bridgehead atoms. The molecule has 3 rings (SSSR count). The van der Waals surface area contributed by atoms with Crippen LogP contribution in [0.2, 0.25) is 0 Å². The van der Waals surface area contributed by atoms with Crippen molar-refractivity contribution < 1.29 is 9.53 Å². The molecule has 0 N–H and O–H groups in total. The van der Waals surface area contributed by atoms with Crippen LogP contribution in [0.25, 0.3) is 0 Å². The summed E-state index contributed by atoms with van der Waals surface area (Å²) in [4.78, 5) is 12.2. The number of hydrogen-bond donors (Lipinski definition) is 0. The summed E-state index contributed by atoms with van der Waals surface area (Å²) in [6, 6.07) is 0. The number of ketones is 1. The van der Waals surface area contributed by atoms with Crippen LogP contribution in [0.3, 0.4) is 0 Å². The molecule has 4 atom stereocenters. The van der Waals surface area contributed by atoms with Gasteiger partial charge in [-0.2, -0.15) is 0 Å². The smallest absolute Gasteiger partial charge is 0.161 e. The van der Waals surface area contributed by atoms with Gasteiger partial charge in [0.1, 0.15) is 0 Å². The van der Waals surface area contributed by atoms with Gasteiger partial charge < -0.3 is 4.74 Å². The Bertz CT molecular complexity index is 392. The maximum Gasteiger partial charge on any atom is 0.161 e. The van der Waals surface area contributed by atoms with Crippen molar-refractivity contribution in [3.8, 4) is 0 Å². The summed E-state index contributed by atoms with van der Waals surface area (Å²) in [5, 5.41) is 0. The molecular weight excluding hydrogens is 212 g/mol. The van der Waals surface area contributed by atoms with E-state index in [0.717, 1.165) is 19.4 Å². The van der Waals surface area contributed by atoms with E-state index in [-0.39, 0.29) is 16.9 Å². The van der Waals surface area contributed by atoms with Gasteiger partial charge in [0.15, 0.2) is 5.78 Å². The van der Waals surface area contributed by atoms with Gasteiger partial charge in [0, 0.05) is 0 Å². The summed E-state index contributed by atoms with van der Waals surface area (Å²) in [5.74, 6) is 1.10. The molecule has 17 heavy (non-hydrogen) atoms. The molecule has 2 aliphatic carbocycles. The second-order valence-electron chi connectivity index (χ2n) is 6.64. The van der Waals surface area contributed by atoms with Crippen molar-refractivity contribution in [1.29, 1.82) is 0 Å². The van der Waals surface area contributed by atoms with Gasteiger partial charge in [0.2, 0.25) is 0 Å². The lowest BCUT2D eigenvalue weighted by molar-refractivity contribution is -0.122. The summed E-state index contributed by atoms with van der Waals surface area (Å²) in [6.45, 7) is 7.55. The van der Waals surface area contributed by atoms with Gasteiger partial charge in [-0.3, -0.25) is 4.79 Å². The Hall–Kier alpha value is -0.630. The van der Waals surface area contributed by atoms with E-state index in [9.17, 15) is 4.79 Å². The van der Waals surface area contributed by atoms with Gasteiger partial charge in [-0.1, -0.05) is 19.4 Å². The second kappa shape index (κ2) is 3.44. The van der Waals surface area contributed by atoms with Crippen LogP contribution in [0.5, 0.6) is 0 Å². The fourth-order valence-electron chi connectivity index (χ4n) is 3.72. The van der Waals surface area contributed by atoms with E-state index in [1.807, 2.05) is 6.08 Å². The van der Waals surface area contributed by atoms with Gasteiger partial charge in [-0.15, -0.1) is 0 Å². The van der Waals surface area contributed by atoms with Gasteiger partial charge in [-0.25, -0.2) is 0 Å². The second-order valence-corrected chi connectivity index (χ2v) is 6.64. The Morgan fingerprint density at radius 1 is 1.41 bits per heavy atom. The Morgan fingerprint density at radius 3 is 2.76 bits per heavy atom. The molecule has 0 aromatic heterocycles. The molecule has 1 saturated heterocycles. The topological polar surface area (TPSA) is 29.6 Å². The SMILES string of the molecule is C[C@H]1CCCC2=CC(=O)[C@H]([C@]3(C)CO3)C[C@@]21C. The van der Waals surface area contributed by atoms with Crippen molar-refractivity contribution in [3.05, 3.63) is 11.6 Å². The highest BCUT2D eigenvalue weighted by Crippen LogP contribution is 2.54. The molecule has 1 saturated carbocycles. The Morgan fingerprint density at radius 2 is 2.12 bits per heavy atom. The summed E-state index contributed by atoms with van der Waals surface area (Å²) in [7, 11) is 0. The molecule has 2 nitrogen and oxygen atoms in total. The lowest BCUT2D eigenvalue weighted by Crippen LogP contribution is -2.43. The van der Waals surface area contributed by atoms with E-state index in [1.54, 1.807) is 0 Å². The third kappa shape index (κ3) is 1.61. The zero-order valence-corrected chi connectivity index (χ0v) is 11.1. The summed E-state index contributed by atoms with van der Waals surface area (Å²) >= 11 is 0. The summed E-state index contributed by atoms with van der Waals surface area (Å²) < 4.78 is 5.52. The van der Waals surface area contributed by atoms with Crippen LogP contribution in [0, 0.1) is 17.3 Å². The first-order valence-corrected chi connectivity index (χ1v) is 6.84. The van der Waals surface area contributed by atoms with E-state index in [2.05, 4.69) is 20.8 Å². The van der Waals surface area contributed by atoms with Crippen molar-refractivity contribution in [3.63, 3.8) is 0 Å². The molecule has 0 unspecified atom stereocenters. The standard InChI is InChI=1S/C15H22O2/c1-10-5-4-6-11-7-13(16)12(8-14(10,11)2)15(3)9-17-15/h7,10,12H,4-6,8-9H2,1-3H3/t10-,12+,14+,15-/m0/s1. The first-order chi connectivity index (χ1) is 7.96. The lowest BCUT2D eigenvalue weighted by atomic mass is 9.57. The number of carbonyl (C=O) groups is 1. The van der Waals surface area contributed by atoms with Crippen molar-refractivity contribution in [1.82, 2.24) is 0 Å². The molecule has 0 aromatic carbocycles. The average molecular weight is 234 g/mol. The predicted molar refractivity (Wildman–Crippen MR) is 66.7 cm³/mol. The minimum Gasteiger partial charge on any atom is -0.369 e. The van der Waals surface area contributed by atoms with Crippen LogP contribution in [0.15, 0.2) is 11.6 Å². The molecule has 3 aliphatic rings. The summed E-state index contributed by atoms with van der Waals surface area (Å²) in [5.41, 5.74) is 1.49. The van der Waals surface area contributed by atoms with Crippen LogP contribution in [0.4, 0.5) is 0 Å². The molecule has 94 valence electrons. The maximum atomic E-state index is 12.2. The highest BCUT2D eigenvalue weighted by atomic mass is 16.6. The molecule has 2 fully saturated rings.